The summed E-state index contributed by atoms with van der Waals surface area (Å²) in [5.41, 5.74) is 6.26. The average Bonchev–Trinajstić information content (AvgIpc) is 2.32. The Morgan fingerprint density at radius 2 is 1.50 bits per heavy atom. The van der Waals surface area contributed by atoms with Crippen LogP contribution in [0.3, 0.4) is 0 Å². The molecule has 2 N–H and O–H groups in total. The number of ether oxygens (including phenoxy) is 1. The fourth-order valence-electron chi connectivity index (χ4n) is 1.43. The quantitative estimate of drug-likeness (QED) is 0.823. The molecule has 0 aliphatic carbocycles. The van der Waals surface area contributed by atoms with Crippen LogP contribution in [0.1, 0.15) is 26.6 Å². The Balaban J connectivity index is 2.13. The van der Waals surface area contributed by atoms with Crippen LogP contribution in [-0.2, 0) is 5.41 Å². The average molecular weight is 243 g/mol. The second kappa shape index (κ2) is 4.64. The van der Waals surface area contributed by atoms with Crippen LogP contribution < -0.4 is 10.5 Å². The first-order chi connectivity index (χ1) is 8.45. The molecule has 1 heterocycles. The van der Waals surface area contributed by atoms with E-state index < -0.39 is 0 Å². The van der Waals surface area contributed by atoms with Crippen LogP contribution in [0.2, 0.25) is 0 Å². The molecule has 0 amide bonds. The lowest BCUT2D eigenvalue weighted by atomic mass is 9.96. The second-order valence-corrected chi connectivity index (χ2v) is 5.16. The van der Waals surface area contributed by atoms with Gasteiger partial charge in [-0.1, -0.05) is 20.8 Å². The molecule has 0 saturated heterocycles. The minimum absolute atomic E-state index is 0.0558. The van der Waals surface area contributed by atoms with Gasteiger partial charge in [-0.2, -0.15) is 0 Å². The van der Waals surface area contributed by atoms with Crippen molar-refractivity contribution in [2.24, 2.45) is 0 Å². The van der Waals surface area contributed by atoms with E-state index in [4.69, 9.17) is 10.5 Å². The fraction of sp³-hybridized carbons (Fsp3) is 0.286. The molecule has 0 atom stereocenters. The van der Waals surface area contributed by atoms with E-state index in [-0.39, 0.29) is 5.41 Å². The van der Waals surface area contributed by atoms with E-state index in [0.29, 0.717) is 11.4 Å². The highest BCUT2D eigenvalue weighted by Crippen LogP contribution is 2.23. The monoisotopic (exact) mass is 243 g/mol. The number of nitrogens with two attached hydrogens (primary N) is 1. The smallest absolute Gasteiger partial charge is 0.164 e. The van der Waals surface area contributed by atoms with Gasteiger partial charge in [-0.05, 0) is 24.3 Å². The van der Waals surface area contributed by atoms with Crippen LogP contribution >= 0.6 is 0 Å². The molecule has 0 unspecified atom stereocenters. The van der Waals surface area contributed by atoms with Crippen LogP contribution in [0, 0.1) is 0 Å². The molecule has 0 spiro atoms. The van der Waals surface area contributed by atoms with Crippen molar-refractivity contribution in [2.75, 3.05) is 5.73 Å². The van der Waals surface area contributed by atoms with E-state index in [9.17, 15) is 0 Å². The second-order valence-electron chi connectivity index (χ2n) is 5.16. The molecule has 0 aliphatic rings. The number of benzene rings is 1. The van der Waals surface area contributed by atoms with Gasteiger partial charge in [0.25, 0.3) is 0 Å². The number of hydrogen-bond acceptors (Lipinski definition) is 4. The lowest BCUT2D eigenvalue weighted by Gasteiger charge is -2.16. The van der Waals surface area contributed by atoms with Crippen LogP contribution in [0.15, 0.2) is 36.7 Å². The van der Waals surface area contributed by atoms with Crippen molar-refractivity contribution < 1.29 is 4.74 Å². The molecule has 4 nitrogen and oxygen atoms in total. The topological polar surface area (TPSA) is 61.0 Å². The Hall–Kier alpha value is -2.10. The third-order valence-corrected chi connectivity index (χ3v) is 2.41. The van der Waals surface area contributed by atoms with Gasteiger partial charge in [-0.25, -0.2) is 9.97 Å². The third kappa shape index (κ3) is 2.97. The molecule has 0 bridgehead atoms. The van der Waals surface area contributed by atoms with Crippen molar-refractivity contribution in [3.63, 3.8) is 0 Å². The van der Waals surface area contributed by atoms with Crippen molar-refractivity contribution in [2.45, 2.75) is 26.2 Å². The van der Waals surface area contributed by atoms with Gasteiger partial charge in [0.1, 0.15) is 11.6 Å². The Labute approximate surface area is 107 Å². The van der Waals surface area contributed by atoms with E-state index in [0.717, 1.165) is 11.6 Å². The Kier molecular flexibility index (Phi) is 3.19. The number of aromatic nitrogens is 2. The third-order valence-electron chi connectivity index (χ3n) is 2.41. The summed E-state index contributed by atoms with van der Waals surface area (Å²) in [4.78, 5) is 8.61. The van der Waals surface area contributed by atoms with Gasteiger partial charge in [-0.15, -0.1) is 0 Å². The molecule has 94 valence electrons. The normalized spacial score (nSPS) is 11.3. The van der Waals surface area contributed by atoms with Crippen molar-refractivity contribution in [1.29, 1.82) is 0 Å². The van der Waals surface area contributed by atoms with Gasteiger partial charge >= 0.3 is 0 Å². The van der Waals surface area contributed by atoms with Crippen LogP contribution in [-0.4, -0.2) is 9.97 Å². The molecule has 0 fully saturated rings. The maximum Gasteiger partial charge on any atom is 0.164 e. The van der Waals surface area contributed by atoms with Gasteiger partial charge in [-0.3, -0.25) is 0 Å². The molecule has 2 aromatic rings. The molecular formula is C14H17N3O. The van der Waals surface area contributed by atoms with Gasteiger partial charge in [0, 0.05) is 11.1 Å². The fourth-order valence-corrected chi connectivity index (χ4v) is 1.43. The van der Waals surface area contributed by atoms with E-state index in [1.165, 1.54) is 0 Å². The predicted molar refractivity (Wildman–Crippen MR) is 71.7 cm³/mol. The van der Waals surface area contributed by atoms with E-state index >= 15 is 0 Å². The van der Waals surface area contributed by atoms with Crippen molar-refractivity contribution >= 4 is 5.69 Å². The standard InChI is InChI=1S/C14H17N3O/c1-14(2,3)13-16-8-12(9-17-13)18-11-6-4-10(15)5-7-11/h4-9H,15H2,1-3H3. The molecule has 0 radical (unpaired) electrons. The van der Waals surface area contributed by atoms with E-state index in [1.54, 1.807) is 24.5 Å². The van der Waals surface area contributed by atoms with Crippen molar-refractivity contribution in [3.05, 3.63) is 42.5 Å². The molecule has 1 aromatic carbocycles. The summed E-state index contributed by atoms with van der Waals surface area (Å²) in [7, 11) is 0. The minimum Gasteiger partial charge on any atom is -0.454 e. The Morgan fingerprint density at radius 3 is 2.00 bits per heavy atom. The number of nitrogen functional groups attached to an aromatic ring is 1. The van der Waals surface area contributed by atoms with Gasteiger partial charge in [0.2, 0.25) is 0 Å². The molecular weight excluding hydrogens is 226 g/mol. The highest BCUT2D eigenvalue weighted by atomic mass is 16.5. The van der Waals surface area contributed by atoms with E-state index in [1.807, 2.05) is 12.1 Å². The maximum atomic E-state index is 5.62. The summed E-state index contributed by atoms with van der Waals surface area (Å²) in [6.45, 7) is 6.22. The lowest BCUT2D eigenvalue weighted by molar-refractivity contribution is 0.470. The SMILES string of the molecule is CC(C)(C)c1ncc(Oc2ccc(N)cc2)cn1. The number of anilines is 1. The first kappa shape index (κ1) is 12.4. The maximum absolute atomic E-state index is 5.62. The lowest BCUT2D eigenvalue weighted by Crippen LogP contribution is -2.15. The van der Waals surface area contributed by atoms with Crippen molar-refractivity contribution in [1.82, 2.24) is 9.97 Å². The molecule has 1 aromatic heterocycles. The summed E-state index contributed by atoms with van der Waals surface area (Å²) in [6.07, 6.45) is 3.37. The number of rotatable bonds is 2. The van der Waals surface area contributed by atoms with Crippen LogP contribution in [0.25, 0.3) is 0 Å². The summed E-state index contributed by atoms with van der Waals surface area (Å²) in [5, 5.41) is 0. The van der Waals surface area contributed by atoms with E-state index in [2.05, 4.69) is 30.7 Å². The first-order valence-electron chi connectivity index (χ1n) is 5.81. The summed E-state index contributed by atoms with van der Waals surface area (Å²) in [6, 6.07) is 7.21. The Bertz CT molecular complexity index is 512. The van der Waals surface area contributed by atoms with Gasteiger partial charge in [0.05, 0.1) is 12.4 Å². The zero-order chi connectivity index (χ0) is 13.2. The van der Waals surface area contributed by atoms with Gasteiger partial charge in [0.15, 0.2) is 5.75 Å². The summed E-state index contributed by atoms with van der Waals surface area (Å²) >= 11 is 0. The summed E-state index contributed by atoms with van der Waals surface area (Å²) in [5.74, 6) is 2.14. The Morgan fingerprint density at radius 1 is 0.944 bits per heavy atom. The zero-order valence-corrected chi connectivity index (χ0v) is 10.8. The largest absolute Gasteiger partial charge is 0.454 e. The minimum atomic E-state index is -0.0558. The predicted octanol–water partition coefficient (Wildman–Crippen LogP) is 3.15. The number of nitrogens with zero attached hydrogens (tertiary/aromatic N) is 2. The highest BCUT2D eigenvalue weighted by molar-refractivity contribution is 5.42. The summed E-state index contributed by atoms with van der Waals surface area (Å²) < 4.78 is 5.62. The molecule has 4 heteroatoms. The molecule has 0 aliphatic heterocycles. The van der Waals surface area contributed by atoms with Crippen molar-refractivity contribution in [3.8, 4) is 11.5 Å². The van der Waals surface area contributed by atoms with Crippen LogP contribution in [0.5, 0.6) is 11.5 Å². The highest BCUT2D eigenvalue weighted by Gasteiger charge is 2.16. The first-order valence-corrected chi connectivity index (χ1v) is 5.81. The molecule has 2 rings (SSSR count). The molecule has 0 saturated carbocycles. The number of hydrogen-bond donors (Lipinski definition) is 1. The van der Waals surface area contributed by atoms with Crippen LogP contribution in [0.4, 0.5) is 5.69 Å². The zero-order valence-electron chi connectivity index (χ0n) is 10.8. The molecule has 18 heavy (non-hydrogen) atoms. The van der Waals surface area contributed by atoms with Gasteiger partial charge < -0.3 is 10.5 Å².